The molecule has 2 unspecified atom stereocenters. The summed E-state index contributed by atoms with van der Waals surface area (Å²) in [4.78, 5) is 0. The summed E-state index contributed by atoms with van der Waals surface area (Å²) in [5.41, 5.74) is 0. The SMILES string of the molecule is CCCCCCCC(O)CCCC(CCC)S(=O)(=O)O. The van der Waals surface area contributed by atoms with Gasteiger partial charge in [0.1, 0.15) is 0 Å². The van der Waals surface area contributed by atoms with Crippen LogP contribution in [-0.4, -0.2) is 29.4 Å². The van der Waals surface area contributed by atoms with Crippen LogP contribution in [0.5, 0.6) is 0 Å². The van der Waals surface area contributed by atoms with E-state index < -0.39 is 15.4 Å². The van der Waals surface area contributed by atoms with Gasteiger partial charge in [0.15, 0.2) is 0 Å². The Kier molecular flexibility index (Phi) is 11.4. The lowest BCUT2D eigenvalue weighted by molar-refractivity contribution is 0.147. The topological polar surface area (TPSA) is 74.6 Å². The Labute approximate surface area is 124 Å². The minimum Gasteiger partial charge on any atom is -0.393 e. The highest BCUT2D eigenvalue weighted by atomic mass is 32.2. The van der Waals surface area contributed by atoms with Crippen LogP contribution in [0.4, 0.5) is 0 Å². The molecule has 4 nitrogen and oxygen atoms in total. The average Bonchev–Trinajstić information content (AvgIpc) is 2.36. The van der Waals surface area contributed by atoms with Crippen LogP contribution in [0.3, 0.4) is 0 Å². The minimum absolute atomic E-state index is 0.333. The van der Waals surface area contributed by atoms with Crippen molar-refractivity contribution in [1.29, 1.82) is 0 Å². The molecule has 0 aliphatic heterocycles. The molecule has 0 bridgehead atoms. The van der Waals surface area contributed by atoms with Crippen molar-refractivity contribution in [1.82, 2.24) is 0 Å². The summed E-state index contributed by atoms with van der Waals surface area (Å²) in [6.07, 6.45) is 9.32. The van der Waals surface area contributed by atoms with Crippen LogP contribution >= 0.6 is 0 Å². The summed E-state index contributed by atoms with van der Waals surface area (Å²) >= 11 is 0. The standard InChI is InChI=1S/C15H32O4S/c1-3-5-6-7-8-11-14(16)12-9-13-15(10-4-2)20(17,18)19/h14-16H,3-13H2,1-2H3,(H,17,18,19). The van der Waals surface area contributed by atoms with E-state index in [2.05, 4.69) is 6.92 Å². The molecule has 0 saturated heterocycles. The predicted octanol–water partition coefficient (Wildman–Crippen LogP) is 3.93. The van der Waals surface area contributed by atoms with Crippen LogP contribution in [0.1, 0.15) is 84.5 Å². The smallest absolute Gasteiger partial charge is 0.267 e. The Bertz CT molecular complexity index is 314. The summed E-state index contributed by atoms with van der Waals surface area (Å²) in [5, 5.41) is 9.18. The predicted molar refractivity (Wildman–Crippen MR) is 83.5 cm³/mol. The van der Waals surface area contributed by atoms with Crippen molar-refractivity contribution in [2.24, 2.45) is 0 Å². The monoisotopic (exact) mass is 308 g/mol. The zero-order chi connectivity index (χ0) is 15.4. The lowest BCUT2D eigenvalue weighted by Crippen LogP contribution is -2.21. The van der Waals surface area contributed by atoms with Gasteiger partial charge in [0.25, 0.3) is 10.1 Å². The summed E-state index contributed by atoms with van der Waals surface area (Å²) < 4.78 is 31.4. The molecule has 2 N–H and O–H groups in total. The van der Waals surface area contributed by atoms with E-state index in [0.29, 0.717) is 25.7 Å². The molecule has 0 spiro atoms. The van der Waals surface area contributed by atoms with Crippen LogP contribution in [0.15, 0.2) is 0 Å². The van der Waals surface area contributed by atoms with Gasteiger partial charge in [0.05, 0.1) is 11.4 Å². The highest BCUT2D eigenvalue weighted by Crippen LogP contribution is 2.17. The highest BCUT2D eigenvalue weighted by molar-refractivity contribution is 7.86. The lowest BCUT2D eigenvalue weighted by Gasteiger charge is -2.14. The van der Waals surface area contributed by atoms with Gasteiger partial charge in [-0.15, -0.1) is 0 Å². The maximum absolute atomic E-state index is 11.2. The fraction of sp³-hybridized carbons (Fsp3) is 1.00. The highest BCUT2D eigenvalue weighted by Gasteiger charge is 2.21. The Morgan fingerprint density at radius 2 is 1.40 bits per heavy atom. The van der Waals surface area contributed by atoms with E-state index in [9.17, 15) is 13.5 Å². The second kappa shape index (κ2) is 11.5. The molecule has 0 aromatic carbocycles. The fourth-order valence-corrected chi connectivity index (χ4v) is 3.47. The number of hydrogen-bond donors (Lipinski definition) is 2. The van der Waals surface area contributed by atoms with Crippen molar-refractivity contribution >= 4 is 10.1 Å². The normalized spacial score (nSPS) is 15.2. The molecule has 2 atom stereocenters. The molecule has 0 amide bonds. The Morgan fingerprint density at radius 1 is 0.800 bits per heavy atom. The van der Waals surface area contributed by atoms with Gasteiger partial charge in [-0.05, 0) is 32.1 Å². The van der Waals surface area contributed by atoms with Gasteiger partial charge >= 0.3 is 0 Å². The number of aliphatic hydroxyl groups is 1. The molecule has 122 valence electrons. The van der Waals surface area contributed by atoms with Gasteiger partial charge in [-0.25, -0.2) is 0 Å². The quantitative estimate of drug-likeness (QED) is 0.399. The molecule has 20 heavy (non-hydrogen) atoms. The second-order valence-electron chi connectivity index (χ2n) is 5.71. The Morgan fingerprint density at radius 3 is 1.95 bits per heavy atom. The van der Waals surface area contributed by atoms with Crippen LogP contribution in [0, 0.1) is 0 Å². The molecule has 0 aromatic heterocycles. The summed E-state index contributed by atoms with van der Waals surface area (Å²) in [6, 6.07) is 0. The molecule has 0 radical (unpaired) electrons. The molecule has 0 aliphatic carbocycles. The minimum atomic E-state index is -3.93. The second-order valence-corrected chi connectivity index (χ2v) is 7.41. The van der Waals surface area contributed by atoms with E-state index in [1.54, 1.807) is 0 Å². The maximum Gasteiger partial charge on any atom is 0.267 e. The number of unbranched alkanes of at least 4 members (excludes halogenated alkanes) is 4. The van der Waals surface area contributed by atoms with E-state index in [0.717, 1.165) is 25.7 Å². The molecule has 0 saturated carbocycles. The molecular formula is C15H32O4S. The van der Waals surface area contributed by atoms with Gasteiger partial charge in [-0.1, -0.05) is 52.4 Å². The molecule has 0 aromatic rings. The Hall–Kier alpha value is -0.130. The molecule has 0 heterocycles. The third-order valence-electron chi connectivity index (χ3n) is 3.74. The first-order valence-electron chi connectivity index (χ1n) is 8.06. The van der Waals surface area contributed by atoms with Crippen LogP contribution in [0.25, 0.3) is 0 Å². The Balaban J connectivity index is 3.75. The van der Waals surface area contributed by atoms with E-state index in [-0.39, 0.29) is 6.10 Å². The first-order chi connectivity index (χ1) is 9.41. The molecular weight excluding hydrogens is 276 g/mol. The number of aliphatic hydroxyl groups excluding tert-OH is 1. The summed E-state index contributed by atoms with van der Waals surface area (Å²) in [6.45, 7) is 4.08. The first-order valence-corrected chi connectivity index (χ1v) is 9.56. The van der Waals surface area contributed by atoms with Crippen molar-refractivity contribution in [3.8, 4) is 0 Å². The van der Waals surface area contributed by atoms with Gasteiger partial charge in [0, 0.05) is 0 Å². The third-order valence-corrected chi connectivity index (χ3v) is 5.05. The van der Waals surface area contributed by atoms with E-state index in [1.807, 2.05) is 6.92 Å². The van der Waals surface area contributed by atoms with Gasteiger partial charge in [-0.2, -0.15) is 8.42 Å². The van der Waals surface area contributed by atoms with Gasteiger partial charge < -0.3 is 5.11 Å². The van der Waals surface area contributed by atoms with Crippen molar-refractivity contribution in [3.05, 3.63) is 0 Å². The van der Waals surface area contributed by atoms with E-state index in [1.165, 1.54) is 19.3 Å². The fourth-order valence-electron chi connectivity index (χ4n) is 2.47. The van der Waals surface area contributed by atoms with Crippen LogP contribution in [0.2, 0.25) is 0 Å². The largest absolute Gasteiger partial charge is 0.393 e. The zero-order valence-corrected chi connectivity index (χ0v) is 13.9. The summed E-state index contributed by atoms with van der Waals surface area (Å²) in [5.74, 6) is 0. The van der Waals surface area contributed by atoms with Crippen molar-refractivity contribution in [2.75, 3.05) is 0 Å². The maximum atomic E-state index is 11.2. The van der Waals surface area contributed by atoms with Crippen molar-refractivity contribution in [2.45, 2.75) is 95.8 Å². The van der Waals surface area contributed by atoms with E-state index >= 15 is 0 Å². The summed E-state index contributed by atoms with van der Waals surface area (Å²) in [7, 11) is -3.93. The number of hydrogen-bond acceptors (Lipinski definition) is 3. The molecule has 5 heteroatoms. The average molecular weight is 308 g/mol. The van der Waals surface area contributed by atoms with Gasteiger partial charge in [0.2, 0.25) is 0 Å². The lowest BCUT2D eigenvalue weighted by atomic mass is 10.0. The molecule has 0 rings (SSSR count). The van der Waals surface area contributed by atoms with Crippen molar-refractivity contribution < 1.29 is 18.1 Å². The van der Waals surface area contributed by atoms with Gasteiger partial charge in [-0.3, -0.25) is 4.55 Å². The number of rotatable bonds is 13. The van der Waals surface area contributed by atoms with Crippen molar-refractivity contribution in [3.63, 3.8) is 0 Å². The van der Waals surface area contributed by atoms with E-state index in [4.69, 9.17) is 4.55 Å². The van der Waals surface area contributed by atoms with Crippen LogP contribution in [-0.2, 0) is 10.1 Å². The first kappa shape index (κ1) is 19.9. The third kappa shape index (κ3) is 10.6. The van der Waals surface area contributed by atoms with Crippen LogP contribution < -0.4 is 0 Å². The molecule has 0 fully saturated rings. The molecule has 0 aliphatic rings. The zero-order valence-electron chi connectivity index (χ0n) is 13.1.